The van der Waals surface area contributed by atoms with E-state index in [1.54, 1.807) is 24.3 Å². The van der Waals surface area contributed by atoms with E-state index in [1.165, 1.54) is 6.26 Å². The Balaban J connectivity index is 0.00000256. The van der Waals surface area contributed by atoms with Crippen molar-refractivity contribution < 1.29 is 23.4 Å². The fourth-order valence-electron chi connectivity index (χ4n) is 1.10. The molecule has 0 heterocycles. The van der Waals surface area contributed by atoms with Crippen molar-refractivity contribution in [3.05, 3.63) is 29.8 Å². The summed E-state index contributed by atoms with van der Waals surface area (Å²) in [6.07, 6.45) is 2.91. The first-order valence-electron chi connectivity index (χ1n) is 4.87. The normalized spacial score (nSPS) is 11.4. The molecule has 0 bridgehead atoms. The molecule has 1 unspecified atom stereocenters. The standard InChI is InChI=1S/C11H14O4S.H2O/c1-16(13)15-7-3-6-14-11-5-2-4-10(8-11)9-12;/h2,4-5,8-9H,3,6-7H2,1H3;1H2. The zero-order chi connectivity index (χ0) is 11.8. The molecule has 17 heavy (non-hydrogen) atoms. The van der Waals surface area contributed by atoms with E-state index in [2.05, 4.69) is 0 Å². The number of benzene rings is 1. The Morgan fingerprint density at radius 3 is 2.76 bits per heavy atom. The number of hydrogen-bond donors (Lipinski definition) is 0. The molecule has 6 heteroatoms. The molecule has 0 saturated heterocycles. The summed E-state index contributed by atoms with van der Waals surface area (Å²) < 4.78 is 20.8. The number of aldehydes is 1. The average Bonchev–Trinajstić information content (AvgIpc) is 2.28. The van der Waals surface area contributed by atoms with Crippen LogP contribution in [0.4, 0.5) is 0 Å². The van der Waals surface area contributed by atoms with Crippen molar-refractivity contribution >= 4 is 17.4 Å². The Bertz CT molecular complexity index is 367. The van der Waals surface area contributed by atoms with Crippen LogP contribution in [0.5, 0.6) is 5.75 Å². The third-order valence-corrected chi connectivity index (χ3v) is 2.30. The van der Waals surface area contributed by atoms with Crippen molar-refractivity contribution in [3.63, 3.8) is 0 Å². The minimum Gasteiger partial charge on any atom is -0.493 e. The second kappa shape index (κ2) is 8.86. The van der Waals surface area contributed by atoms with Crippen LogP contribution in [0.1, 0.15) is 16.8 Å². The third kappa shape index (κ3) is 6.83. The first-order chi connectivity index (χ1) is 7.72. The first-order valence-corrected chi connectivity index (χ1v) is 6.35. The fourth-order valence-corrected chi connectivity index (χ4v) is 1.46. The molecule has 0 aromatic heterocycles. The molecule has 96 valence electrons. The lowest BCUT2D eigenvalue weighted by atomic mass is 10.2. The molecule has 1 aromatic rings. The van der Waals surface area contributed by atoms with E-state index in [-0.39, 0.29) is 5.48 Å². The van der Waals surface area contributed by atoms with Crippen LogP contribution in [-0.4, -0.2) is 35.4 Å². The van der Waals surface area contributed by atoms with Gasteiger partial charge in [-0.3, -0.25) is 8.98 Å². The van der Waals surface area contributed by atoms with Crippen molar-refractivity contribution in [1.82, 2.24) is 0 Å². The molecular formula is C11H16O5S. The Kier molecular flexibility index (Phi) is 8.21. The second-order valence-electron chi connectivity index (χ2n) is 3.12. The zero-order valence-electron chi connectivity index (χ0n) is 9.55. The minimum absolute atomic E-state index is 0. The minimum atomic E-state index is -1.22. The molecule has 5 nitrogen and oxygen atoms in total. The van der Waals surface area contributed by atoms with E-state index >= 15 is 0 Å². The maximum Gasteiger partial charge on any atom is 0.152 e. The molecule has 1 rings (SSSR count). The Labute approximate surface area is 103 Å². The second-order valence-corrected chi connectivity index (χ2v) is 4.15. The highest BCUT2D eigenvalue weighted by Gasteiger charge is 1.96. The first kappa shape index (κ1) is 15.8. The van der Waals surface area contributed by atoms with Crippen LogP contribution < -0.4 is 4.74 Å². The summed E-state index contributed by atoms with van der Waals surface area (Å²) in [6.45, 7) is 0.871. The Morgan fingerprint density at radius 2 is 2.12 bits per heavy atom. The zero-order valence-corrected chi connectivity index (χ0v) is 10.4. The smallest absolute Gasteiger partial charge is 0.152 e. The van der Waals surface area contributed by atoms with Crippen molar-refractivity contribution in [2.75, 3.05) is 19.5 Å². The summed E-state index contributed by atoms with van der Waals surface area (Å²) >= 11 is -1.22. The van der Waals surface area contributed by atoms with Gasteiger partial charge in [0.05, 0.1) is 13.2 Å². The number of ether oxygens (including phenoxy) is 1. The van der Waals surface area contributed by atoms with Crippen LogP contribution in [0.2, 0.25) is 0 Å². The highest BCUT2D eigenvalue weighted by Crippen LogP contribution is 2.11. The van der Waals surface area contributed by atoms with Crippen LogP contribution in [0.25, 0.3) is 0 Å². The van der Waals surface area contributed by atoms with Gasteiger partial charge in [0.15, 0.2) is 11.1 Å². The Hall–Kier alpha value is -1.24. The summed E-state index contributed by atoms with van der Waals surface area (Å²) in [5.41, 5.74) is 0.586. The molecule has 0 aliphatic rings. The van der Waals surface area contributed by atoms with E-state index in [1.807, 2.05) is 0 Å². The summed E-state index contributed by atoms with van der Waals surface area (Å²) in [7, 11) is 0. The van der Waals surface area contributed by atoms with Gasteiger partial charge in [-0.05, 0) is 12.1 Å². The van der Waals surface area contributed by atoms with Gasteiger partial charge in [-0.2, -0.15) is 0 Å². The molecule has 0 spiro atoms. The van der Waals surface area contributed by atoms with Gasteiger partial charge in [-0.1, -0.05) is 12.1 Å². The van der Waals surface area contributed by atoms with Gasteiger partial charge in [0.25, 0.3) is 0 Å². The molecule has 0 saturated carbocycles. The van der Waals surface area contributed by atoms with E-state index in [0.717, 1.165) is 6.29 Å². The highest BCUT2D eigenvalue weighted by atomic mass is 32.2. The lowest BCUT2D eigenvalue weighted by Crippen LogP contribution is -2.04. The molecule has 2 N–H and O–H groups in total. The van der Waals surface area contributed by atoms with Crippen LogP contribution in [0.15, 0.2) is 24.3 Å². The summed E-state index contributed by atoms with van der Waals surface area (Å²) in [4.78, 5) is 10.5. The van der Waals surface area contributed by atoms with Gasteiger partial charge in [0, 0.05) is 18.2 Å². The van der Waals surface area contributed by atoms with Crippen molar-refractivity contribution in [2.24, 2.45) is 0 Å². The van der Waals surface area contributed by atoms with Crippen molar-refractivity contribution in [2.45, 2.75) is 6.42 Å². The topological polar surface area (TPSA) is 84.1 Å². The van der Waals surface area contributed by atoms with Gasteiger partial charge in [0.2, 0.25) is 0 Å². The highest BCUT2D eigenvalue weighted by molar-refractivity contribution is 7.79. The summed E-state index contributed by atoms with van der Waals surface area (Å²) in [6, 6.07) is 6.93. The number of hydrogen-bond acceptors (Lipinski definition) is 4. The lowest BCUT2D eigenvalue weighted by molar-refractivity contribution is 0.112. The fraction of sp³-hybridized carbons (Fsp3) is 0.364. The van der Waals surface area contributed by atoms with Gasteiger partial charge in [-0.15, -0.1) is 0 Å². The van der Waals surface area contributed by atoms with Crippen LogP contribution in [0.3, 0.4) is 0 Å². The van der Waals surface area contributed by atoms with Crippen LogP contribution in [-0.2, 0) is 15.3 Å². The van der Waals surface area contributed by atoms with E-state index in [0.29, 0.717) is 30.9 Å². The van der Waals surface area contributed by atoms with Crippen molar-refractivity contribution in [1.29, 1.82) is 0 Å². The maximum atomic E-state index is 10.6. The van der Waals surface area contributed by atoms with Gasteiger partial charge in [-0.25, -0.2) is 4.21 Å². The average molecular weight is 260 g/mol. The molecular weight excluding hydrogens is 244 g/mol. The molecule has 0 aliphatic heterocycles. The molecule has 0 aliphatic carbocycles. The van der Waals surface area contributed by atoms with E-state index in [9.17, 15) is 9.00 Å². The van der Waals surface area contributed by atoms with Gasteiger partial charge in [0.1, 0.15) is 12.0 Å². The molecule has 0 fully saturated rings. The maximum absolute atomic E-state index is 10.6. The summed E-state index contributed by atoms with van der Waals surface area (Å²) in [5.74, 6) is 0.655. The predicted molar refractivity (Wildman–Crippen MR) is 65.6 cm³/mol. The van der Waals surface area contributed by atoms with E-state index < -0.39 is 11.1 Å². The molecule has 1 aromatic carbocycles. The number of carbonyl (C=O) groups is 1. The lowest BCUT2D eigenvalue weighted by Gasteiger charge is -2.05. The largest absolute Gasteiger partial charge is 0.493 e. The van der Waals surface area contributed by atoms with E-state index in [4.69, 9.17) is 8.92 Å². The number of rotatable bonds is 7. The van der Waals surface area contributed by atoms with Gasteiger partial charge < -0.3 is 10.2 Å². The monoisotopic (exact) mass is 260 g/mol. The van der Waals surface area contributed by atoms with Crippen LogP contribution >= 0.6 is 0 Å². The van der Waals surface area contributed by atoms with Gasteiger partial charge >= 0.3 is 0 Å². The molecule has 0 amide bonds. The third-order valence-electron chi connectivity index (χ3n) is 1.80. The number of carbonyl (C=O) groups excluding carboxylic acids is 1. The van der Waals surface area contributed by atoms with Crippen molar-refractivity contribution in [3.8, 4) is 5.75 Å². The molecule has 0 radical (unpaired) electrons. The molecule has 1 atom stereocenters. The SMILES string of the molecule is CS(=O)OCCCOc1cccc(C=O)c1.O. The van der Waals surface area contributed by atoms with Crippen LogP contribution in [0, 0.1) is 0 Å². The quantitative estimate of drug-likeness (QED) is 0.535. The summed E-state index contributed by atoms with van der Waals surface area (Å²) in [5, 5.41) is 0. The predicted octanol–water partition coefficient (Wildman–Crippen LogP) is 0.753. The Morgan fingerprint density at radius 1 is 1.35 bits per heavy atom.